The van der Waals surface area contributed by atoms with E-state index in [4.69, 9.17) is 0 Å². The molecule has 1 aromatic rings. The molecule has 0 aliphatic carbocycles. The highest BCUT2D eigenvalue weighted by Gasteiger charge is 2.20. The molecule has 1 aliphatic rings. The molecule has 1 heterocycles. The third-order valence-corrected chi connectivity index (χ3v) is 4.66. The lowest BCUT2D eigenvalue weighted by Gasteiger charge is -2.28. The van der Waals surface area contributed by atoms with Gasteiger partial charge in [0.2, 0.25) is 5.91 Å². The average molecular weight is 354 g/mol. The second-order valence-electron chi connectivity index (χ2n) is 5.56. The van der Waals surface area contributed by atoms with Crippen LogP contribution in [0.15, 0.2) is 22.7 Å². The summed E-state index contributed by atoms with van der Waals surface area (Å²) in [7, 11) is 1.98. The van der Waals surface area contributed by atoms with Gasteiger partial charge in [0.05, 0.1) is 0 Å². The van der Waals surface area contributed by atoms with Crippen molar-refractivity contribution in [3.05, 3.63) is 28.2 Å². The Hall–Kier alpha value is -1.07. The number of hydrogen-bond donors (Lipinski definition) is 1. The third-order valence-electron chi connectivity index (χ3n) is 4.17. The number of anilines is 1. The largest absolute Gasteiger partial charge is 0.369 e. The zero-order valence-corrected chi connectivity index (χ0v) is 14.6. The van der Waals surface area contributed by atoms with Gasteiger partial charge in [-0.2, -0.15) is 0 Å². The van der Waals surface area contributed by atoms with Gasteiger partial charge >= 0.3 is 0 Å². The summed E-state index contributed by atoms with van der Waals surface area (Å²) in [4.78, 5) is 15.9. The standard InChI is InChI=1S/C16H24BrN3O/c1-12(18-3)15-11-14(17)5-6-16(15)20-8-4-7-19(9-10-20)13(2)21/h5-6,11-12,18H,4,7-10H2,1-3H3. The first-order valence-electron chi connectivity index (χ1n) is 7.50. The Morgan fingerprint density at radius 2 is 2.05 bits per heavy atom. The van der Waals surface area contributed by atoms with Crippen LogP contribution in [0.1, 0.15) is 31.9 Å². The molecule has 1 atom stereocenters. The first-order chi connectivity index (χ1) is 10.0. The zero-order chi connectivity index (χ0) is 15.4. The van der Waals surface area contributed by atoms with Crippen molar-refractivity contribution < 1.29 is 4.79 Å². The molecule has 4 nitrogen and oxygen atoms in total. The summed E-state index contributed by atoms with van der Waals surface area (Å²) in [5.74, 6) is 0.177. The van der Waals surface area contributed by atoms with Crippen LogP contribution in [0.2, 0.25) is 0 Å². The molecule has 1 unspecified atom stereocenters. The number of amides is 1. The highest BCUT2D eigenvalue weighted by atomic mass is 79.9. The molecular weight excluding hydrogens is 330 g/mol. The second kappa shape index (κ2) is 7.27. The minimum absolute atomic E-state index is 0.177. The van der Waals surface area contributed by atoms with E-state index in [1.54, 1.807) is 6.92 Å². The lowest BCUT2D eigenvalue weighted by Crippen LogP contribution is -2.34. The van der Waals surface area contributed by atoms with Crippen molar-refractivity contribution in [3.63, 3.8) is 0 Å². The van der Waals surface area contributed by atoms with E-state index in [1.807, 2.05) is 11.9 Å². The van der Waals surface area contributed by atoms with E-state index in [1.165, 1.54) is 11.3 Å². The maximum Gasteiger partial charge on any atom is 0.219 e. The smallest absolute Gasteiger partial charge is 0.219 e. The van der Waals surface area contributed by atoms with E-state index in [2.05, 4.69) is 51.3 Å². The van der Waals surface area contributed by atoms with Crippen molar-refractivity contribution in [1.29, 1.82) is 0 Å². The first kappa shape index (κ1) is 16.3. The third kappa shape index (κ3) is 3.98. The van der Waals surface area contributed by atoms with E-state index in [-0.39, 0.29) is 5.91 Å². The van der Waals surface area contributed by atoms with Gasteiger partial charge in [-0.3, -0.25) is 4.79 Å². The Balaban J connectivity index is 2.23. The van der Waals surface area contributed by atoms with Gasteiger partial charge < -0.3 is 15.1 Å². The van der Waals surface area contributed by atoms with Crippen LogP contribution in [0.4, 0.5) is 5.69 Å². The second-order valence-corrected chi connectivity index (χ2v) is 6.48. The van der Waals surface area contributed by atoms with Gasteiger partial charge in [0, 0.05) is 49.3 Å². The molecule has 0 radical (unpaired) electrons. The summed E-state index contributed by atoms with van der Waals surface area (Å²) in [5, 5.41) is 3.32. The van der Waals surface area contributed by atoms with Crippen LogP contribution in [-0.4, -0.2) is 44.0 Å². The van der Waals surface area contributed by atoms with E-state index < -0.39 is 0 Å². The summed E-state index contributed by atoms with van der Waals surface area (Å²) >= 11 is 3.56. The summed E-state index contributed by atoms with van der Waals surface area (Å²) in [6, 6.07) is 6.75. The molecule has 0 bridgehead atoms. The van der Waals surface area contributed by atoms with Crippen LogP contribution in [-0.2, 0) is 4.79 Å². The van der Waals surface area contributed by atoms with Gasteiger partial charge in [0.25, 0.3) is 0 Å². The fraction of sp³-hybridized carbons (Fsp3) is 0.562. The lowest BCUT2D eigenvalue weighted by atomic mass is 10.1. The van der Waals surface area contributed by atoms with Crippen molar-refractivity contribution in [3.8, 4) is 0 Å². The number of nitrogens with zero attached hydrogens (tertiary/aromatic N) is 2. The topological polar surface area (TPSA) is 35.6 Å². The molecule has 1 amide bonds. The van der Waals surface area contributed by atoms with Crippen molar-refractivity contribution >= 4 is 27.5 Å². The first-order valence-corrected chi connectivity index (χ1v) is 8.29. The van der Waals surface area contributed by atoms with E-state index in [9.17, 15) is 4.79 Å². The molecule has 1 N–H and O–H groups in total. The molecule has 21 heavy (non-hydrogen) atoms. The molecule has 1 aromatic carbocycles. The van der Waals surface area contributed by atoms with Gasteiger partial charge in [-0.25, -0.2) is 0 Å². The number of rotatable bonds is 3. The van der Waals surface area contributed by atoms with Crippen LogP contribution in [0, 0.1) is 0 Å². The van der Waals surface area contributed by atoms with E-state index in [0.717, 1.165) is 37.1 Å². The highest BCUT2D eigenvalue weighted by molar-refractivity contribution is 9.10. The molecule has 0 aromatic heterocycles. The monoisotopic (exact) mass is 353 g/mol. The summed E-state index contributed by atoms with van der Waals surface area (Å²) in [6.07, 6.45) is 1.02. The van der Waals surface area contributed by atoms with Crippen LogP contribution < -0.4 is 10.2 Å². The van der Waals surface area contributed by atoms with Crippen molar-refractivity contribution in [2.45, 2.75) is 26.3 Å². The van der Waals surface area contributed by atoms with Crippen LogP contribution >= 0.6 is 15.9 Å². The zero-order valence-electron chi connectivity index (χ0n) is 13.0. The Kier molecular flexibility index (Phi) is 5.65. The average Bonchev–Trinajstić information content (AvgIpc) is 2.72. The van der Waals surface area contributed by atoms with Crippen molar-refractivity contribution in [2.24, 2.45) is 0 Å². The Bertz CT molecular complexity index is 506. The lowest BCUT2D eigenvalue weighted by molar-refractivity contribution is -0.128. The summed E-state index contributed by atoms with van der Waals surface area (Å²) in [6.45, 7) is 7.38. The fourth-order valence-electron chi connectivity index (χ4n) is 2.79. The van der Waals surface area contributed by atoms with Gasteiger partial charge in [0.15, 0.2) is 0 Å². The minimum Gasteiger partial charge on any atom is -0.369 e. The van der Waals surface area contributed by atoms with Crippen LogP contribution in [0.3, 0.4) is 0 Å². The SMILES string of the molecule is CNC(C)c1cc(Br)ccc1N1CCCN(C(C)=O)CC1. The van der Waals surface area contributed by atoms with Gasteiger partial charge in [-0.15, -0.1) is 0 Å². The van der Waals surface area contributed by atoms with E-state index >= 15 is 0 Å². The number of carbonyl (C=O) groups excluding carboxylic acids is 1. The number of nitrogens with one attached hydrogen (secondary N) is 1. The van der Waals surface area contributed by atoms with Gasteiger partial charge in [0.1, 0.15) is 0 Å². The molecule has 1 saturated heterocycles. The molecule has 1 fully saturated rings. The molecule has 0 spiro atoms. The van der Waals surface area contributed by atoms with Crippen LogP contribution in [0.5, 0.6) is 0 Å². The summed E-state index contributed by atoms with van der Waals surface area (Å²) in [5.41, 5.74) is 2.56. The Morgan fingerprint density at radius 1 is 1.29 bits per heavy atom. The van der Waals surface area contributed by atoms with Crippen molar-refractivity contribution in [2.75, 3.05) is 38.1 Å². The minimum atomic E-state index is 0.177. The molecule has 2 rings (SSSR count). The Morgan fingerprint density at radius 3 is 2.71 bits per heavy atom. The van der Waals surface area contributed by atoms with Crippen molar-refractivity contribution in [1.82, 2.24) is 10.2 Å². The van der Waals surface area contributed by atoms with E-state index in [0.29, 0.717) is 6.04 Å². The number of carbonyl (C=O) groups is 1. The maximum absolute atomic E-state index is 11.6. The predicted octanol–water partition coefficient (Wildman–Crippen LogP) is 2.79. The van der Waals surface area contributed by atoms with Crippen LogP contribution in [0.25, 0.3) is 0 Å². The van der Waals surface area contributed by atoms with Gasteiger partial charge in [-0.1, -0.05) is 15.9 Å². The molecule has 116 valence electrons. The molecule has 5 heteroatoms. The quantitative estimate of drug-likeness (QED) is 0.907. The fourth-order valence-corrected chi connectivity index (χ4v) is 3.17. The van der Waals surface area contributed by atoms with Gasteiger partial charge in [-0.05, 0) is 44.2 Å². The molecule has 1 aliphatic heterocycles. The highest BCUT2D eigenvalue weighted by Crippen LogP contribution is 2.30. The normalized spacial score (nSPS) is 17.5. The molecule has 0 saturated carbocycles. The Labute approximate surface area is 135 Å². The number of halogens is 1. The molecular formula is C16H24BrN3O. The maximum atomic E-state index is 11.6. The summed E-state index contributed by atoms with van der Waals surface area (Å²) < 4.78 is 1.10. The number of benzene rings is 1. The predicted molar refractivity (Wildman–Crippen MR) is 90.7 cm³/mol. The number of hydrogen-bond acceptors (Lipinski definition) is 3.